The molecule has 4 rings (SSSR count). The van der Waals surface area contributed by atoms with Crippen molar-refractivity contribution in [2.24, 2.45) is 0 Å². The summed E-state index contributed by atoms with van der Waals surface area (Å²) in [6.07, 6.45) is 5.06. The van der Waals surface area contributed by atoms with Gasteiger partial charge >= 0.3 is 0 Å². The second-order valence-electron chi connectivity index (χ2n) is 8.26. The van der Waals surface area contributed by atoms with Crippen LogP contribution >= 0.6 is 0 Å². The van der Waals surface area contributed by atoms with Crippen LogP contribution in [0.15, 0.2) is 78.6 Å². The van der Waals surface area contributed by atoms with Gasteiger partial charge in [0.05, 0.1) is 18.2 Å². The van der Waals surface area contributed by atoms with E-state index in [0.29, 0.717) is 17.9 Å². The smallest absolute Gasteiger partial charge is 0.295 e. The van der Waals surface area contributed by atoms with Crippen molar-refractivity contribution in [1.82, 2.24) is 9.88 Å². The van der Waals surface area contributed by atoms with E-state index in [9.17, 15) is 14.7 Å². The zero-order valence-electron chi connectivity index (χ0n) is 19.4. The van der Waals surface area contributed by atoms with Crippen molar-refractivity contribution >= 4 is 17.4 Å². The predicted octanol–water partition coefficient (Wildman–Crippen LogP) is 5.05. The molecule has 0 saturated carbocycles. The molecule has 2 aromatic carbocycles. The summed E-state index contributed by atoms with van der Waals surface area (Å²) < 4.78 is 5.69. The van der Waals surface area contributed by atoms with E-state index in [4.69, 9.17) is 4.74 Å². The Labute approximate surface area is 199 Å². The standard InChI is InChI=1S/C28H28N2O4/c1-3-15-34-23-9-5-8-22(16-23)26(31)24-25(21-12-10-19(4-2)11-13-21)30(28(33)27(24)32)18-20-7-6-14-29-17-20/h5-14,16-17,25,31H,3-4,15,18H2,1-2H3. The Morgan fingerprint density at radius 2 is 1.82 bits per heavy atom. The highest BCUT2D eigenvalue weighted by Gasteiger charge is 2.46. The van der Waals surface area contributed by atoms with Crippen LogP contribution in [0.1, 0.15) is 48.6 Å². The minimum atomic E-state index is -0.716. The van der Waals surface area contributed by atoms with Gasteiger partial charge in [0, 0.05) is 24.5 Å². The summed E-state index contributed by atoms with van der Waals surface area (Å²) in [6.45, 7) is 4.83. The second-order valence-corrected chi connectivity index (χ2v) is 8.26. The summed E-state index contributed by atoms with van der Waals surface area (Å²) in [5, 5.41) is 11.3. The lowest BCUT2D eigenvalue weighted by atomic mass is 9.94. The Kier molecular flexibility index (Phi) is 7.07. The van der Waals surface area contributed by atoms with Crippen LogP contribution in [0.2, 0.25) is 0 Å². The molecule has 0 aliphatic carbocycles. The fourth-order valence-electron chi connectivity index (χ4n) is 4.12. The number of nitrogens with zero attached hydrogens (tertiary/aromatic N) is 2. The number of ketones is 1. The summed E-state index contributed by atoms with van der Waals surface area (Å²) in [4.78, 5) is 32.0. The number of aliphatic hydroxyl groups excluding tert-OH is 1. The van der Waals surface area contributed by atoms with Crippen LogP contribution in [0.4, 0.5) is 0 Å². The predicted molar refractivity (Wildman–Crippen MR) is 130 cm³/mol. The molecule has 1 unspecified atom stereocenters. The number of likely N-dealkylation sites (tertiary alicyclic amines) is 1. The zero-order valence-corrected chi connectivity index (χ0v) is 19.4. The molecule has 0 spiro atoms. The minimum Gasteiger partial charge on any atom is -0.507 e. The molecule has 1 aliphatic rings. The van der Waals surface area contributed by atoms with Gasteiger partial charge in [-0.25, -0.2) is 0 Å². The SMILES string of the molecule is CCCOc1cccc(C(O)=C2C(=O)C(=O)N(Cc3cccnc3)C2c2ccc(CC)cc2)c1. The van der Waals surface area contributed by atoms with E-state index in [-0.39, 0.29) is 17.9 Å². The van der Waals surface area contributed by atoms with Gasteiger partial charge < -0.3 is 14.7 Å². The van der Waals surface area contributed by atoms with Crippen molar-refractivity contribution in [3.05, 3.63) is 101 Å². The van der Waals surface area contributed by atoms with Crippen LogP contribution in [0.5, 0.6) is 5.75 Å². The number of benzene rings is 2. The zero-order chi connectivity index (χ0) is 24.1. The number of aliphatic hydroxyl groups is 1. The maximum Gasteiger partial charge on any atom is 0.295 e. The number of hydrogen-bond acceptors (Lipinski definition) is 5. The Balaban J connectivity index is 1.81. The Bertz CT molecular complexity index is 1200. The molecule has 2 heterocycles. The van der Waals surface area contributed by atoms with Crippen LogP contribution in [0.25, 0.3) is 5.76 Å². The minimum absolute atomic E-state index is 0.0748. The number of hydrogen-bond donors (Lipinski definition) is 1. The number of pyridine rings is 1. The summed E-state index contributed by atoms with van der Waals surface area (Å²) >= 11 is 0. The molecular formula is C28H28N2O4. The molecule has 1 fully saturated rings. The Morgan fingerprint density at radius 3 is 2.50 bits per heavy atom. The highest BCUT2D eigenvalue weighted by atomic mass is 16.5. The van der Waals surface area contributed by atoms with Crippen molar-refractivity contribution in [2.75, 3.05) is 6.61 Å². The third-order valence-electron chi connectivity index (χ3n) is 5.90. The first-order valence-electron chi connectivity index (χ1n) is 11.5. The van der Waals surface area contributed by atoms with Crippen LogP contribution in [0, 0.1) is 0 Å². The van der Waals surface area contributed by atoms with Gasteiger partial charge in [0.1, 0.15) is 11.5 Å². The molecule has 1 aliphatic heterocycles. The van der Waals surface area contributed by atoms with Crippen molar-refractivity contribution in [3.63, 3.8) is 0 Å². The van der Waals surface area contributed by atoms with Gasteiger partial charge in [-0.05, 0) is 47.7 Å². The van der Waals surface area contributed by atoms with Crippen molar-refractivity contribution in [1.29, 1.82) is 0 Å². The molecular weight excluding hydrogens is 428 g/mol. The topological polar surface area (TPSA) is 79.7 Å². The monoisotopic (exact) mass is 456 g/mol. The van der Waals surface area contributed by atoms with Gasteiger partial charge in [0.25, 0.3) is 11.7 Å². The van der Waals surface area contributed by atoms with Gasteiger partial charge in [0.2, 0.25) is 0 Å². The summed E-state index contributed by atoms with van der Waals surface area (Å²) in [5.41, 5.74) is 3.22. The van der Waals surface area contributed by atoms with Crippen LogP contribution in [0.3, 0.4) is 0 Å². The summed E-state index contributed by atoms with van der Waals surface area (Å²) in [6, 6.07) is 17.7. The van der Waals surface area contributed by atoms with E-state index in [1.165, 1.54) is 4.90 Å². The molecule has 0 bridgehead atoms. The summed E-state index contributed by atoms with van der Waals surface area (Å²) in [5.74, 6) is -0.961. The highest BCUT2D eigenvalue weighted by molar-refractivity contribution is 6.46. The maximum absolute atomic E-state index is 13.2. The van der Waals surface area contributed by atoms with Gasteiger partial charge in [-0.1, -0.05) is 56.3 Å². The lowest BCUT2D eigenvalue weighted by Gasteiger charge is -2.25. The molecule has 1 N–H and O–H groups in total. The number of rotatable bonds is 8. The molecule has 34 heavy (non-hydrogen) atoms. The number of aryl methyl sites for hydroxylation is 1. The number of carbonyl (C=O) groups is 2. The number of carbonyl (C=O) groups excluding carboxylic acids is 2. The highest BCUT2D eigenvalue weighted by Crippen LogP contribution is 2.40. The molecule has 3 aromatic rings. The number of aromatic nitrogens is 1. The molecule has 1 amide bonds. The van der Waals surface area contributed by atoms with E-state index < -0.39 is 17.7 Å². The molecule has 1 atom stereocenters. The van der Waals surface area contributed by atoms with E-state index in [1.807, 2.05) is 37.3 Å². The Morgan fingerprint density at radius 1 is 1.03 bits per heavy atom. The quantitative estimate of drug-likeness (QED) is 0.291. The van der Waals surface area contributed by atoms with Crippen molar-refractivity contribution < 1.29 is 19.4 Å². The van der Waals surface area contributed by atoms with Crippen LogP contribution in [-0.2, 0) is 22.6 Å². The van der Waals surface area contributed by atoms with E-state index in [1.54, 1.807) is 42.7 Å². The Hall–Kier alpha value is -3.93. The van der Waals surface area contributed by atoms with Crippen molar-refractivity contribution in [2.45, 2.75) is 39.3 Å². The number of Topliss-reactive ketones (excluding diaryl/α,β-unsaturated/α-hetero) is 1. The third-order valence-corrected chi connectivity index (χ3v) is 5.90. The van der Waals surface area contributed by atoms with Gasteiger partial charge in [-0.15, -0.1) is 0 Å². The average molecular weight is 457 g/mol. The molecule has 6 nitrogen and oxygen atoms in total. The normalized spacial score (nSPS) is 17.2. The second kappa shape index (κ2) is 10.3. The fraction of sp³-hybridized carbons (Fsp3) is 0.250. The lowest BCUT2D eigenvalue weighted by molar-refractivity contribution is -0.140. The molecule has 0 radical (unpaired) electrons. The van der Waals surface area contributed by atoms with Crippen LogP contribution < -0.4 is 4.74 Å². The van der Waals surface area contributed by atoms with E-state index in [0.717, 1.165) is 29.5 Å². The first kappa shape index (κ1) is 23.2. The van der Waals surface area contributed by atoms with E-state index in [2.05, 4.69) is 11.9 Å². The number of ether oxygens (including phenoxy) is 1. The third kappa shape index (κ3) is 4.71. The first-order chi connectivity index (χ1) is 16.5. The first-order valence-corrected chi connectivity index (χ1v) is 11.5. The average Bonchev–Trinajstić information content (AvgIpc) is 3.12. The molecule has 174 valence electrons. The molecule has 1 saturated heterocycles. The van der Waals surface area contributed by atoms with Crippen LogP contribution in [-0.4, -0.2) is 33.3 Å². The van der Waals surface area contributed by atoms with Gasteiger partial charge in [-0.2, -0.15) is 0 Å². The summed E-state index contributed by atoms with van der Waals surface area (Å²) in [7, 11) is 0. The largest absolute Gasteiger partial charge is 0.507 e. The van der Waals surface area contributed by atoms with Gasteiger partial charge in [0.15, 0.2) is 0 Å². The fourth-order valence-corrected chi connectivity index (χ4v) is 4.12. The maximum atomic E-state index is 13.2. The lowest BCUT2D eigenvalue weighted by Crippen LogP contribution is -2.29. The van der Waals surface area contributed by atoms with Gasteiger partial charge in [-0.3, -0.25) is 14.6 Å². The van der Waals surface area contributed by atoms with E-state index >= 15 is 0 Å². The number of amides is 1. The van der Waals surface area contributed by atoms with Crippen molar-refractivity contribution in [3.8, 4) is 5.75 Å². The molecule has 1 aromatic heterocycles. The molecule has 6 heteroatoms.